The molecule has 0 saturated heterocycles. The van der Waals surface area contributed by atoms with E-state index in [9.17, 15) is 8.42 Å². The molecule has 2 N–H and O–H groups in total. The van der Waals surface area contributed by atoms with Gasteiger partial charge in [-0.25, -0.2) is 8.42 Å². The van der Waals surface area contributed by atoms with E-state index >= 15 is 0 Å². The van der Waals surface area contributed by atoms with Crippen molar-refractivity contribution in [3.8, 4) is 0 Å². The molecule has 0 amide bonds. The van der Waals surface area contributed by atoms with Gasteiger partial charge < -0.3 is 5.32 Å². The van der Waals surface area contributed by atoms with E-state index in [1.54, 1.807) is 12.1 Å². The van der Waals surface area contributed by atoms with Crippen molar-refractivity contribution in [2.45, 2.75) is 11.4 Å². The Hall–Kier alpha value is -1.08. The normalized spacial score (nSPS) is 11.4. The Morgan fingerprint density at radius 3 is 2.62 bits per heavy atom. The van der Waals surface area contributed by atoms with Crippen LogP contribution in [0.25, 0.3) is 0 Å². The Morgan fingerprint density at radius 1 is 1.19 bits per heavy atom. The number of anilines is 1. The molecule has 0 unspecified atom stereocenters. The molecule has 0 aromatic heterocycles. The average molecular weight is 390 g/mol. The number of nitrogens with one attached hydrogen (secondary N) is 2. The van der Waals surface area contributed by atoms with Gasteiger partial charge in [-0.2, -0.15) is 0 Å². The zero-order valence-electron chi connectivity index (χ0n) is 11.2. The Balaban J connectivity index is 2.28. The first-order valence-corrected chi connectivity index (χ1v) is 8.79. The molecule has 0 spiro atoms. The summed E-state index contributed by atoms with van der Waals surface area (Å²) in [6.07, 6.45) is 0. The van der Waals surface area contributed by atoms with Crippen molar-refractivity contribution in [1.29, 1.82) is 0 Å². The van der Waals surface area contributed by atoms with Crippen LogP contribution in [-0.2, 0) is 16.6 Å². The Morgan fingerprint density at radius 2 is 1.95 bits per heavy atom. The molecule has 0 saturated carbocycles. The molecule has 2 aromatic carbocycles. The van der Waals surface area contributed by atoms with Gasteiger partial charge in [-0.05, 0) is 58.9 Å². The third kappa shape index (κ3) is 4.20. The minimum atomic E-state index is -3.64. The number of halogens is 2. The van der Waals surface area contributed by atoms with Crippen molar-refractivity contribution in [3.63, 3.8) is 0 Å². The van der Waals surface area contributed by atoms with Crippen LogP contribution in [0.4, 0.5) is 5.69 Å². The topological polar surface area (TPSA) is 58.2 Å². The molecule has 0 atom stereocenters. The van der Waals surface area contributed by atoms with Gasteiger partial charge in [0.1, 0.15) is 0 Å². The second-order valence-electron chi connectivity index (χ2n) is 4.41. The lowest BCUT2D eigenvalue weighted by Gasteiger charge is -2.10. The number of sulfonamides is 1. The van der Waals surface area contributed by atoms with E-state index in [2.05, 4.69) is 26.0 Å². The van der Waals surface area contributed by atoms with Gasteiger partial charge in [-0.15, -0.1) is 0 Å². The predicted molar refractivity (Wildman–Crippen MR) is 89.2 cm³/mol. The number of hydrogen-bond donors (Lipinski definition) is 2. The van der Waals surface area contributed by atoms with Crippen molar-refractivity contribution in [1.82, 2.24) is 5.32 Å². The molecule has 4 nitrogen and oxygen atoms in total. The summed E-state index contributed by atoms with van der Waals surface area (Å²) >= 11 is 9.10. The van der Waals surface area contributed by atoms with Crippen LogP contribution in [0.5, 0.6) is 0 Å². The Kier molecular flexibility index (Phi) is 5.27. The van der Waals surface area contributed by atoms with Gasteiger partial charge in [0.25, 0.3) is 10.0 Å². The van der Waals surface area contributed by atoms with Crippen LogP contribution in [-0.4, -0.2) is 15.5 Å². The molecule has 0 aliphatic carbocycles. The van der Waals surface area contributed by atoms with E-state index in [-0.39, 0.29) is 4.90 Å². The standard InChI is InChI=1S/C14H14BrClN2O2S/c1-17-9-10-3-2-4-11(7-10)18-21(19,20)12-5-6-14(16)13(15)8-12/h2-8,17-18H,9H2,1H3. The summed E-state index contributed by atoms with van der Waals surface area (Å²) in [6.45, 7) is 0.669. The minimum Gasteiger partial charge on any atom is -0.316 e. The highest BCUT2D eigenvalue weighted by Gasteiger charge is 2.15. The molecule has 0 fully saturated rings. The number of benzene rings is 2. The molecular weight excluding hydrogens is 376 g/mol. The lowest BCUT2D eigenvalue weighted by molar-refractivity contribution is 0.601. The number of hydrogen-bond acceptors (Lipinski definition) is 3. The van der Waals surface area contributed by atoms with Crippen LogP contribution >= 0.6 is 27.5 Å². The molecule has 2 rings (SSSR count). The van der Waals surface area contributed by atoms with E-state index in [1.807, 2.05) is 19.2 Å². The van der Waals surface area contributed by atoms with Crippen LogP contribution in [0.3, 0.4) is 0 Å². The van der Waals surface area contributed by atoms with E-state index in [1.165, 1.54) is 18.2 Å². The molecule has 112 valence electrons. The Labute approximate surface area is 137 Å². The molecule has 0 aliphatic rings. The first-order valence-electron chi connectivity index (χ1n) is 6.14. The Bertz CT molecular complexity index is 750. The van der Waals surface area contributed by atoms with Crippen molar-refractivity contribution in [3.05, 3.63) is 57.5 Å². The van der Waals surface area contributed by atoms with Gasteiger partial charge in [0.15, 0.2) is 0 Å². The van der Waals surface area contributed by atoms with E-state index in [0.29, 0.717) is 21.7 Å². The van der Waals surface area contributed by atoms with Crippen molar-refractivity contribution in [2.24, 2.45) is 0 Å². The quantitative estimate of drug-likeness (QED) is 0.821. The molecule has 2 aromatic rings. The van der Waals surface area contributed by atoms with Crippen LogP contribution in [0.1, 0.15) is 5.56 Å². The summed E-state index contributed by atoms with van der Waals surface area (Å²) in [5.41, 5.74) is 1.52. The maximum absolute atomic E-state index is 12.3. The highest BCUT2D eigenvalue weighted by Crippen LogP contribution is 2.26. The maximum Gasteiger partial charge on any atom is 0.261 e. The minimum absolute atomic E-state index is 0.151. The van der Waals surface area contributed by atoms with Crippen molar-refractivity contribution in [2.75, 3.05) is 11.8 Å². The van der Waals surface area contributed by atoms with Gasteiger partial charge in [-0.1, -0.05) is 23.7 Å². The smallest absolute Gasteiger partial charge is 0.261 e. The second kappa shape index (κ2) is 6.79. The first-order chi connectivity index (χ1) is 9.92. The van der Waals surface area contributed by atoms with Crippen LogP contribution in [0, 0.1) is 0 Å². The summed E-state index contributed by atoms with van der Waals surface area (Å²) in [7, 11) is -1.81. The summed E-state index contributed by atoms with van der Waals surface area (Å²) < 4.78 is 27.8. The van der Waals surface area contributed by atoms with Crippen LogP contribution < -0.4 is 10.0 Å². The molecule has 0 aliphatic heterocycles. The zero-order valence-corrected chi connectivity index (χ0v) is 14.4. The van der Waals surface area contributed by atoms with Gasteiger partial charge >= 0.3 is 0 Å². The van der Waals surface area contributed by atoms with Crippen LogP contribution in [0.15, 0.2) is 51.8 Å². The third-order valence-corrected chi connectivity index (χ3v) is 5.35. The molecule has 0 radical (unpaired) electrons. The van der Waals surface area contributed by atoms with Crippen molar-refractivity contribution < 1.29 is 8.42 Å². The monoisotopic (exact) mass is 388 g/mol. The lowest BCUT2D eigenvalue weighted by atomic mass is 10.2. The fourth-order valence-electron chi connectivity index (χ4n) is 1.81. The molecule has 0 heterocycles. The third-order valence-electron chi connectivity index (χ3n) is 2.76. The van der Waals surface area contributed by atoms with Gasteiger partial charge in [0, 0.05) is 16.7 Å². The van der Waals surface area contributed by atoms with Gasteiger partial charge in [0.05, 0.1) is 9.92 Å². The molecule has 21 heavy (non-hydrogen) atoms. The van der Waals surface area contributed by atoms with E-state index in [0.717, 1.165) is 5.56 Å². The SMILES string of the molecule is CNCc1cccc(NS(=O)(=O)c2ccc(Cl)c(Br)c2)c1. The van der Waals surface area contributed by atoms with Crippen molar-refractivity contribution >= 4 is 43.2 Å². The summed E-state index contributed by atoms with van der Waals surface area (Å²) in [6, 6.07) is 11.7. The lowest BCUT2D eigenvalue weighted by Crippen LogP contribution is -2.13. The fraction of sp³-hybridized carbons (Fsp3) is 0.143. The van der Waals surface area contributed by atoms with Crippen LogP contribution in [0.2, 0.25) is 5.02 Å². The zero-order chi connectivity index (χ0) is 15.5. The van der Waals surface area contributed by atoms with E-state index in [4.69, 9.17) is 11.6 Å². The second-order valence-corrected chi connectivity index (χ2v) is 7.36. The highest BCUT2D eigenvalue weighted by atomic mass is 79.9. The summed E-state index contributed by atoms with van der Waals surface area (Å²) in [5.74, 6) is 0. The molecular formula is C14H14BrClN2O2S. The predicted octanol–water partition coefficient (Wildman–Crippen LogP) is 3.62. The fourth-order valence-corrected chi connectivity index (χ4v) is 3.53. The van der Waals surface area contributed by atoms with E-state index < -0.39 is 10.0 Å². The number of rotatable bonds is 5. The largest absolute Gasteiger partial charge is 0.316 e. The maximum atomic E-state index is 12.3. The molecule has 7 heteroatoms. The summed E-state index contributed by atoms with van der Waals surface area (Å²) in [4.78, 5) is 0.151. The summed E-state index contributed by atoms with van der Waals surface area (Å²) in [5, 5.41) is 3.48. The highest BCUT2D eigenvalue weighted by molar-refractivity contribution is 9.10. The molecule has 0 bridgehead atoms. The first kappa shape index (κ1) is 16.3. The average Bonchev–Trinajstić information content (AvgIpc) is 2.42. The van der Waals surface area contributed by atoms with Gasteiger partial charge in [-0.3, -0.25) is 4.72 Å². The van der Waals surface area contributed by atoms with Gasteiger partial charge in [0.2, 0.25) is 0 Å².